The van der Waals surface area contributed by atoms with Gasteiger partial charge < -0.3 is 14.6 Å². The van der Waals surface area contributed by atoms with Crippen molar-refractivity contribution in [3.63, 3.8) is 0 Å². The number of piperidine rings is 1. The van der Waals surface area contributed by atoms with Crippen LogP contribution in [0.15, 0.2) is 16.9 Å². The topological polar surface area (TPSA) is 62.4 Å². The standard InChI is InChI=1S/C14H17F3N2O3/c1-9-4-5-11(12(20)18-9)13(21)19-6-2-3-10(7-19)22-8-14(15,16)17/h4-5,10H,2-3,6-8H2,1H3,(H,18,20)/t10-/m1/s1. The molecule has 8 heteroatoms. The minimum absolute atomic E-state index is 0.0120. The summed E-state index contributed by atoms with van der Waals surface area (Å²) in [6.07, 6.45) is -4.05. The summed E-state index contributed by atoms with van der Waals surface area (Å²) in [6.45, 7) is 0.822. The molecule has 0 spiro atoms. The SMILES string of the molecule is Cc1ccc(C(=O)N2CCC[C@@H](OCC(F)(F)F)C2)c(=O)[nH]1. The Morgan fingerprint density at radius 2 is 2.18 bits per heavy atom. The lowest BCUT2D eigenvalue weighted by atomic mass is 10.1. The van der Waals surface area contributed by atoms with Crippen LogP contribution in [0.3, 0.4) is 0 Å². The largest absolute Gasteiger partial charge is 0.411 e. The van der Waals surface area contributed by atoms with Gasteiger partial charge in [-0.3, -0.25) is 9.59 Å². The van der Waals surface area contributed by atoms with Crippen LogP contribution in [0.1, 0.15) is 28.9 Å². The molecule has 1 aliphatic rings. The van der Waals surface area contributed by atoms with Crippen LogP contribution in [0.4, 0.5) is 13.2 Å². The number of alkyl halides is 3. The molecule has 0 bridgehead atoms. The van der Waals surface area contributed by atoms with E-state index in [0.29, 0.717) is 25.1 Å². The summed E-state index contributed by atoms with van der Waals surface area (Å²) in [5, 5.41) is 0. The summed E-state index contributed by atoms with van der Waals surface area (Å²) in [4.78, 5) is 28.0. The minimum Gasteiger partial charge on any atom is -0.367 e. The second kappa shape index (κ2) is 6.51. The van der Waals surface area contributed by atoms with Crippen molar-refractivity contribution in [3.8, 4) is 0 Å². The molecule has 1 aromatic rings. The van der Waals surface area contributed by atoms with Crippen molar-refractivity contribution in [1.29, 1.82) is 0 Å². The summed E-state index contributed by atoms with van der Waals surface area (Å²) < 4.78 is 41.3. The van der Waals surface area contributed by atoms with Crippen LogP contribution in [0.5, 0.6) is 0 Å². The zero-order valence-electron chi connectivity index (χ0n) is 12.1. The molecular formula is C14H17F3N2O3. The molecule has 1 amide bonds. The van der Waals surface area contributed by atoms with Gasteiger partial charge in [0, 0.05) is 18.8 Å². The van der Waals surface area contributed by atoms with E-state index in [1.165, 1.54) is 11.0 Å². The van der Waals surface area contributed by atoms with Gasteiger partial charge in [-0.1, -0.05) is 0 Å². The molecule has 0 radical (unpaired) electrons. The lowest BCUT2D eigenvalue weighted by Gasteiger charge is -2.32. The molecule has 1 aromatic heterocycles. The van der Waals surface area contributed by atoms with Gasteiger partial charge in [-0.25, -0.2) is 0 Å². The molecule has 22 heavy (non-hydrogen) atoms. The molecule has 1 N–H and O–H groups in total. The van der Waals surface area contributed by atoms with E-state index in [2.05, 4.69) is 4.98 Å². The fourth-order valence-electron chi connectivity index (χ4n) is 2.38. The molecular weight excluding hydrogens is 301 g/mol. The average Bonchev–Trinajstić information content (AvgIpc) is 2.44. The molecule has 122 valence electrons. The number of aryl methyl sites for hydroxylation is 1. The first-order chi connectivity index (χ1) is 10.3. The van der Waals surface area contributed by atoms with Crippen LogP contribution < -0.4 is 5.56 Å². The Morgan fingerprint density at radius 1 is 1.45 bits per heavy atom. The van der Waals surface area contributed by atoms with Crippen molar-refractivity contribution >= 4 is 5.91 Å². The van der Waals surface area contributed by atoms with Gasteiger partial charge >= 0.3 is 6.18 Å². The van der Waals surface area contributed by atoms with Crippen molar-refractivity contribution in [2.75, 3.05) is 19.7 Å². The van der Waals surface area contributed by atoms with Gasteiger partial charge in [0.25, 0.3) is 11.5 Å². The number of carbonyl (C=O) groups is 1. The fourth-order valence-corrected chi connectivity index (χ4v) is 2.38. The highest BCUT2D eigenvalue weighted by atomic mass is 19.4. The van der Waals surface area contributed by atoms with E-state index in [-0.39, 0.29) is 12.1 Å². The Morgan fingerprint density at radius 3 is 2.82 bits per heavy atom. The van der Waals surface area contributed by atoms with Crippen LogP contribution in [-0.2, 0) is 4.74 Å². The highest BCUT2D eigenvalue weighted by Crippen LogP contribution is 2.20. The van der Waals surface area contributed by atoms with Crippen molar-refractivity contribution < 1.29 is 22.7 Å². The third-order valence-electron chi connectivity index (χ3n) is 3.43. The lowest BCUT2D eigenvalue weighted by Crippen LogP contribution is -2.45. The molecule has 2 heterocycles. The predicted octanol–water partition coefficient (Wildman–Crippen LogP) is 1.87. The first-order valence-corrected chi connectivity index (χ1v) is 6.94. The Kier molecular flexibility index (Phi) is 4.90. The van der Waals surface area contributed by atoms with Gasteiger partial charge in [-0.15, -0.1) is 0 Å². The minimum atomic E-state index is -4.39. The molecule has 1 saturated heterocycles. The number of pyridine rings is 1. The molecule has 1 atom stereocenters. The average molecular weight is 318 g/mol. The zero-order chi connectivity index (χ0) is 16.3. The van der Waals surface area contributed by atoms with Gasteiger partial charge in [0.2, 0.25) is 0 Å². The van der Waals surface area contributed by atoms with E-state index >= 15 is 0 Å². The van der Waals surface area contributed by atoms with Crippen LogP contribution in [0.2, 0.25) is 0 Å². The number of aromatic nitrogens is 1. The fraction of sp³-hybridized carbons (Fsp3) is 0.571. The molecule has 2 rings (SSSR count). The monoisotopic (exact) mass is 318 g/mol. The number of halogens is 3. The van der Waals surface area contributed by atoms with E-state index in [9.17, 15) is 22.8 Å². The second-order valence-corrected chi connectivity index (χ2v) is 5.33. The smallest absolute Gasteiger partial charge is 0.367 e. The number of hydrogen-bond acceptors (Lipinski definition) is 3. The van der Waals surface area contributed by atoms with Gasteiger partial charge in [-0.2, -0.15) is 13.2 Å². The summed E-state index contributed by atoms with van der Waals surface area (Å²) in [5.74, 6) is -0.485. The number of aromatic amines is 1. The summed E-state index contributed by atoms with van der Waals surface area (Å²) in [7, 11) is 0. The molecule has 0 aromatic carbocycles. The number of hydrogen-bond donors (Lipinski definition) is 1. The number of rotatable bonds is 3. The predicted molar refractivity (Wildman–Crippen MR) is 72.7 cm³/mol. The Bertz CT molecular complexity index is 598. The third-order valence-corrected chi connectivity index (χ3v) is 3.43. The highest BCUT2D eigenvalue weighted by molar-refractivity contribution is 5.93. The van der Waals surface area contributed by atoms with E-state index < -0.39 is 30.4 Å². The number of carbonyl (C=O) groups excluding carboxylic acids is 1. The number of nitrogens with one attached hydrogen (secondary N) is 1. The molecule has 5 nitrogen and oxygen atoms in total. The van der Waals surface area contributed by atoms with Crippen LogP contribution in [0, 0.1) is 6.92 Å². The summed E-state index contributed by atoms with van der Waals surface area (Å²) >= 11 is 0. The summed E-state index contributed by atoms with van der Waals surface area (Å²) in [5.41, 5.74) is 0.122. The van der Waals surface area contributed by atoms with Crippen molar-refractivity contribution in [1.82, 2.24) is 9.88 Å². The molecule has 0 aliphatic carbocycles. The maximum Gasteiger partial charge on any atom is 0.411 e. The Hall–Kier alpha value is -1.83. The number of amides is 1. The summed E-state index contributed by atoms with van der Waals surface area (Å²) in [6, 6.07) is 3.03. The number of ether oxygens (including phenoxy) is 1. The van der Waals surface area contributed by atoms with E-state index in [0.717, 1.165) is 0 Å². The molecule has 1 fully saturated rings. The van der Waals surface area contributed by atoms with Crippen molar-refractivity contribution in [3.05, 3.63) is 33.7 Å². The molecule has 0 unspecified atom stereocenters. The van der Waals surface area contributed by atoms with Gasteiger partial charge in [0.15, 0.2) is 0 Å². The van der Waals surface area contributed by atoms with E-state index in [1.54, 1.807) is 13.0 Å². The van der Waals surface area contributed by atoms with Crippen molar-refractivity contribution in [2.45, 2.75) is 32.0 Å². The molecule has 0 saturated carbocycles. The Labute approximate surface area is 125 Å². The van der Waals surface area contributed by atoms with Crippen LogP contribution >= 0.6 is 0 Å². The lowest BCUT2D eigenvalue weighted by molar-refractivity contribution is -0.188. The third kappa shape index (κ3) is 4.33. The molecule has 1 aliphatic heterocycles. The van der Waals surface area contributed by atoms with Crippen LogP contribution in [-0.4, -0.2) is 47.8 Å². The number of nitrogens with zero attached hydrogens (tertiary/aromatic N) is 1. The normalized spacial score (nSPS) is 19.3. The van der Waals surface area contributed by atoms with Crippen molar-refractivity contribution in [2.24, 2.45) is 0 Å². The van der Waals surface area contributed by atoms with E-state index in [4.69, 9.17) is 4.74 Å². The number of likely N-dealkylation sites (tertiary alicyclic amines) is 1. The van der Waals surface area contributed by atoms with Gasteiger partial charge in [-0.05, 0) is 31.9 Å². The number of H-pyrrole nitrogens is 1. The zero-order valence-corrected chi connectivity index (χ0v) is 12.1. The first-order valence-electron chi connectivity index (χ1n) is 6.94. The van der Waals surface area contributed by atoms with E-state index in [1.807, 2.05) is 0 Å². The van der Waals surface area contributed by atoms with Crippen LogP contribution in [0.25, 0.3) is 0 Å². The second-order valence-electron chi connectivity index (χ2n) is 5.33. The Balaban J connectivity index is 2.02. The first kappa shape index (κ1) is 16.5. The van der Waals surface area contributed by atoms with Gasteiger partial charge in [0.1, 0.15) is 12.2 Å². The maximum atomic E-state index is 12.3. The highest BCUT2D eigenvalue weighted by Gasteiger charge is 2.32. The quantitative estimate of drug-likeness (QED) is 0.925. The van der Waals surface area contributed by atoms with Gasteiger partial charge in [0.05, 0.1) is 6.10 Å². The maximum absolute atomic E-state index is 12.3.